The molecule has 0 aliphatic carbocycles. The second-order valence-electron chi connectivity index (χ2n) is 8.20. The van der Waals surface area contributed by atoms with Crippen molar-refractivity contribution in [3.63, 3.8) is 0 Å². The molecule has 11 nitrogen and oxygen atoms in total. The average Bonchev–Trinajstić information content (AvgIpc) is 3.53. The van der Waals surface area contributed by atoms with Gasteiger partial charge in [-0.2, -0.15) is 4.98 Å². The van der Waals surface area contributed by atoms with E-state index >= 15 is 0 Å². The fraction of sp³-hybridized carbons (Fsp3) is 0.240. The lowest BCUT2D eigenvalue weighted by molar-refractivity contribution is -0.0313. The lowest BCUT2D eigenvalue weighted by Crippen LogP contribution is -2.19. The molecule has 0 unspecified atom stereocenters. The summed E-state index contributed by atoms with van der Waals surface area (Å²) in [5.74, 6) is -0.971. The minimum absolute atomic E-state index is 0.0350. The van der Waals surface area contributed by atoms with E-state index in [2.05, 4.69) is 20.3 Å². The Morgan fingerprint density at radius 3 is 2.70 bits per heavy atom. The number of methoxy groups -OCH3 is 1. The standard InChI is InChI=1S/C25H22ClN5O6/c1-35-24(34)16-10-6-5-9-15(16)20-17(36-12-26)11-18(37-20)31-13-27-19-21(31)28-25(30-23(19)33)29-22(32)14-7-3-2-4-8-14/h2-10,13,17-18,20H,11-12H2,1H3,(H2,28,29,30,32,33)/t17-,18+,20+/m0/s1. The molecule has 1 aliphatic heterocycles. The molecule has 2 N–H and O–H groups in total. The average molecular weight is 524 g/mol. The van der Waals surface area contributed by atoms with Gasteiger partial charge in [0.15, 0.2) is 11.2 Å². The second kappa shape index (κ2) is 10.5. The number of carbonyl (C=O) groups is 2. The second-order valence-corrected chi connectivity index (χ2v) is 8.42. The molecule has 0 bridgehead atoms. The highest BCUT2D eigenvalue weighted by Gasteiger charge is 2.40. The van der Waals surface area contributed by atoms with Crippen LogP contribution in [-0.2, 0) is 14.2 Å². The number of carbonyl (C=O) groups excluding carboxylic acids is 2. The van der Waals surface area contributed by atoms with E-state index in [1.807, 2.05) is 0 Å². The number of rotatable bonds is 7. The van der Waals surface area contributed by atoms with Crippen LogP contribution < -0.4 is 10.9 Å². The number of benzene rings is 2. The minimum Gasteiger partial charge on any atom is -0.465 e. The van der Waals surface area contributed by atoms with Crippen molar-refractivity contribution in [2.75, 3.05) is 18.5 Å². The quantitative estimate of drug-likeness (QED) is 0.278. The van der Waals surface area contributed by atoms with Gasteiger partial charge in [-0.25, -0.2) is 9.78 Å². The van der Waals surface area contributed by atoms with Crippen LogP contribution >= 0.6 is 11.6 Å². The first-order valence-electron chi connectivity index (χ1n) is 11.3. The molecule has 3 atom stereocenters. The molecule has 37 heavy (non-hydrogen) atoms. The smallest absolute Gasteiger partial charge is 0.338 e. The predicted molar refractivity (Wildman–Crippen MR) is 133 cm³/mol. The van der Waals surface area contributed by atoms with E-state index in [0.717, 1.165) is 0 Å². The number of imidazole rings is 1. The Balaban J connectivity index is 1.48. The summed E-state index contributed by atoms with van der Waals surface area (Å²) in [4.78, 5) is 48.8. The molecule has 3 heterocycles. The third-order valence-corrected chi connectivity index (χ3v) is 6.16. The molecule has 190 valence electrons. The normalized spacial score (nSPS) is 19.1. The van der Waals surface area contributed by atoms with Gasteiger partial charge in [-0.1, -0.05) is 48.0 Å². The molecule has 0 spiro atoms. The summed E-state index contributed by atoms with van der Waals surface area (Å²) in [6.45, 7) is 0. The first-order valence-corrected chi connectivity index (χ1v) is 11.9. The summed E-state index contributed by atoms with van der Waals surface area (Å²) >= 11 is 5.89. The fourth-order valence-corrected chi connectivity index (χ4v) is 4.49. The van der Waals surface area contributed by atoms with Gasteiger partial charge >= 0.3 is 5.97 Å². The largest absolute Gasteiger partial charge is 0.465 e. The van der Waals surface area contributed by atoms with E-state index in [1.54, 1.807) is 59.2 Å². The monoisotopic (exact) mass is 523 g/mol. The zero-order valence-electron chi connectivity index (χ0n) is 19.6. The molecule has 12 heteroatoms. The maximum atomic E-state index is 12.7. The number of hydrogen-bond acceptors (Lipinski definition) is 8. The third kappa shape index (κ3) is 4.84. The number of alkyl halides is 1. The van der Waals surface area contributed by atoms with Crippen LogP contribution in [0.2, 0.25) is 0 Å². The van der Waals surface area contributed by atoms with Crippen LogP contribution in [0.4, 0.5) is 5.95 Å². The highest BCUT2D eigenvalue weighted by atomic mass is 35.5. The van der Waals surface area contributed by atoms with Gasteiger partial charge < -0.3 is 14.2 Å². The van der Waals surface area contributed by atoms with Gasteiger partial charge in [0.1, 0.15) is 18.4 Å². The summed E-state index contributed by atoms with van der Waals surface area (Å²) in [7, 11) is 1.30. The van der Waals surface area contributed by atoms with Crippen LogP contribution in [0.15, 0.2) is 65.7 Å². The summed E-state index contributed by atoms with van der Waals surface area (Å²) in [6.07, 6.45) is -0.0488. The fourth-order valence-electron chi connectivity index (χ4n) is 4.33. The number of aromatic nitrogens is 4. The molecule has 1 aliphatic rings. The first kappa shape index (κ1) is 24.6. The maximum absolute atomic E-state index is 12.7. The van der Waals surface area contributed by atoms with Crippen LogP contribution in [0.5, 0.6) is 0 Å². The van der Waals surface area contributed by atoms with Gasteiger partial charge in [-0.15, -0.1) is 0 Å². The van der Waals surface area contributed by atoms with Crippen molar-refractivity contribution in [2.45, 2.75) is 24.9 Å². The SMILES string of the molecule is COC(=O)c1ccccc1[C@H]1O[C@@H](n2cnc3c(=O)[nH]c(NC(=O)c4ccccc4)nc32)C[C@@H]1OCCl. The van der Waals surface area contributed by atoms with Crippen LogP contribution in [0.25, 0.3) is 11.2 Å². The van der Waals surface area contributed by atoms with Gasteiger partial charge in [-0.3, -0.25) is 24.5 Å². The van der Waals surface area contributed by atoms with Gasteiger partial charge in [0, 0.05) is 12.0 Å². The molecule has 2 aromatic carbocycles. The van der Waals surface area contributed by atoms with E-state index in [-0.39, 0.29) is 23.2 Å². The number of aromatic amines is 1. The number of amides is 1. The van der Waals surface area contributed by atoms with Crippen LogP contribution in [0.1, 0.15) is 45.0 Å². The van der Waals surface area contributed by atoms with Crippen molar-refractivity contribution in [3.05, 3.63) is 88.0 Å². The number of fused-ring (bicyclic) bond motifs is 1. The zero-order valence-corrected chi connectivity index (χ0v) is 20.3. The van der Waals surface area contributed by atoms with Crippen molar-refractivity contribution in [1.29, 1.82) is 0 Å². The Labute approximate surface area is 215 Å². The van der Waals surface area contributed by atoms with Crippen LogP contribution in [0, 0.1) is 0 Å². The zero-order chi connectivity index (χ0) is 25.9. The Morgan fingerprint density at radius 1 is 1.19 bits per heavy atom. The first-order chi connectivity index (χ1) is 18.0. The number of ether oxygens (including phenoxy) is 3. The van der Waals surface area contributed by atoms with E-state index < -0.39 is 35.9 Å². The molecule has 2 aromatic heterocycles. The molecule has 4 aromatic rings. The maximum Gasteiger partial charge on any atom is 0.338 e. The third-order valence-electron chi connectivity index (χ3n) is 6.04. The Hall–Kier alpha value is -4.06. The van der Waals surface area contributed by atoms with E-state index in [9.17, 15) is 14.4 Å². The van der Waals surface area contributed by atoms with Crippen molar-refractivity contribution in [2.24, 2.45) is 0 Å². The number of halogens is 1. The minimum atomic E-state index is -0.657. The number of H-pyrrole nitrogens is 1. The Kier molecular flexibility index (Phi) is 6.99. The topological polar surface area (TPSA) is 137 Å². The summed E-state index contributed by atoms with van der Waals surface area (Å²) in [5, 5.41) is 2.61. The number of nitrogens with zero attached hydrogens (tertiary/aromatic N) is 3. The van der Waals surface area contributed by atoms with E-state index in [1.165, 1.54) is 13.4 Å². The van der Waals surface area contributed by atoms with E-state index in [4.69, 9.17) is 25.8 Å². The van der Waals surface area contributed by atoms with Gasteiger partial charge in [0.05, 0.1) is 25.1 Å². The molecule has 1 fully saturated rings. The van der Waals surface area contributed by atoms with Crippen LogP contribution in [0.3, 0.4) is 0 Å². The molecule has 0 saturated carbocycles. The predicted octanol–water partition coefficient (Wildman–Crippen LogP) is 3.40. The van der Waals surface area contributed by atoms with Gasteiger partial charge in [0.25, 0.3) is 11.5 Å². The van der Waals surface area contributed by atoms with Crippen LogP contribution in [-0.4, -0.2) is 50.7 Å². The molecule has 1 saturated heterocycles. The molecular formula is C25H22ClN5O6. The highest BCUT2D eigenvalue weighted by molar-refractivity contribution is 6.17. The number of hydrogen-bond donors (Lipinski definition) is 2. The van der Waals surface area contributed by atoms with E-state index in [0.29, 0.717) is 23.1 Å². The van der Waals surface area contributed by atoms with Gasteiger partial charge in [-0.05, 0) is 23.8 Å². The summed E-state index contributed by atoms with van der Waals surface area (Å²) < 4.78 is 18.6. The number of esters is 1. The Bertz CT molecular complexity index is 1500. The molecule has 0 radical (unpaired) electrons. The van der Waals surface area contributed by atoms with Crippen molar-refractivity contribution >= 4 is 40.6 Å². The van der Waals surface area contributed by atoms with Gasteiger partial charge in [0.2, 0.25) is 5.95 Å². The van der Waals surface area contributed by atoms with Crippen molar-refractivity contribution in [3.8, 4) is 0 Å². The number of nitrogens with one attached hydrogen (secondary N) is 2. The van der Waals surface area contributed by atoms with Crippen molar-refractivity contribution in [1.82, 2.24) is 19.5 Å². The summed E-state index contributed by atoms with van der Waals surface area (Å²) in [5.41, 5.74) is 1.10. The van der Waals surface area contributed by atoms with Crippen molar-refractivity contribution < 1.29 is 23.8 Å². The summed E-state index contributed by atoms with van der Waals surface area (Å²) in [6, 6.07) is 15.4. The molecule has 5 rings (SSSR count). The highest BCUT2D eigenvalue weighted by Crippen LogP contribution is 2.42. The molecular weight excluding hydrogens is 502 g/mol. The Morgan fingerprint density at radius 2 is 1.95 bits per heavy atom. The lowest BCUT2D eigenvalue weighted by Gasteiger charge is -2.20. The lowest BCUT2D eigenvalue weighted by atomic mass is 9.98. The number of anilines is 1. The molecule has 1 amide bonds.